The molecule has 0 aliphatic rings. The van der Waals surface area contributed by atoms with E-state index in [4.69, 9.17) is 11.6 Å². The van der Waals surface area contributed by atoms with Gasteiger partial charge in [-0.1, -0.05) is 62.7 Å². The van der Waals surface area contributed by atoms with Crippen molar-refractivity contribution in [3.8, 4) is 11.1 Å². The molecule has 1 N–H and O–H groups in total. The Morgan fingerprint density at radius 1 is 1.05 bits per heavy atom. The van der Waals surface area contributed by atoms with Crippen molar-refractivity contribution in [1.29, 1.82) is 0 Å². The van der Waals surface area contributed by atoms with Crippen molar-refractivity contribution >= 4 is 17.6 Å². The lowest BCUT2D eigenvalue weighted by Crippen LogP contribution is -2.10. The van der Waals surface area contributed by atoms with E-state index in [9.17, 15) is 9.90 Å². The van der Waals surface area contributed by atoms with Crippen molar-refractivity contribution in [2.75, 3.05) is 0 Å². The van der Waals surface area contributed by atoms with Gasteiger partial charge in [-0.25, -0.2) is 4.79 Å². The first-order valence-electron chi connectivity index (χ1n) is 6.43. The second-order valence-corrected chi connectivity index (χ2v) is 6.26. The lowest BCUT2D eigenvalue weighted by atomic mass is 9.86. The molecule has 2 nitrogen and oxygen atoms in total. The molecular formula is C17H17ClO2. The third-order valence-electron chi connectivity index (χ3n) is 3.27. The van der Waals surface area contributed by atoms with Gasteiger partial charge in [-0.3, -0.25) is 0 Å². The fourth-order valence-corrected chi connectivity index (χ4v) is 2.27. The molecule has 0 spiro atoms. The molecule has 0 amide bonds. The molecule has 0 atom stereocenters. The lowest BCUT2D eigenvalue weighted by molar-refractivity contribution is 0.0697. The number of carboxylic acids is 1. The summed E-state index contributed by atoms with van der Waals surface area (Å²) in [5.41, 5.74) is 3.08. The fourth-order valence-electron chi connectivity index (χ4n) is 2.09. The summed E-state index contributed by atoms with van der Waals surface area (Å²) in [4.78, 5) is 11.3. The maximum Gasteiger partial charge on any atom is 0.336 e. The van der Waals surface area contributed by atoms with Crippen LogP contribution in [-0.2, 0) is 5.41 Å². The van der Waals surface area contributed by atoms with Gasteiger partial charge < -0.3 is 5.11 Å². The summed E-state index contributed by atoms with van der Waals surface area (Å²) < 4.78 is 0. The number of hydrogen-bond donors (Lipinski definition) is 1. The van der Waals surface area contributed by atoms with Crippen molar-refractivity contribution in [1.82, 2.24) is 0 Å². The Labute approximate surface area is 124 Å². The van der Waals surface area contributed by atoms with Crippen LogP contribution in [0.3, 0.4) is 0 Å². The normalized spacial score (nSPS) is 11.4. The Balaban J connectivity index is 2.50. The van der Waals surface area contributed by atoms with Crippen molar-refractivity contribution in [3.05, 3.63) is 58.6 Å². The zero-order valence-electron chi connectivity index (χ0n) is 11.8. The van der Waals surface area contributed by atoms with Crippen LogP contribution < -0.4 is 0 Å². The molecule has 3 heteroatoms. The van der Waals surface area contributed by atoms with Gasteiger partial charge in [-0.2, -0.15) is 0 Å². The SMILES string of the molecule is CC(C)(C)c1ccc(-c2ccc(Cl)cc2C(=O)O)cc1. The molecule has 0 aliphatic heterocycles. The van der Waals surface area contributed by atoms with E-state index in [1.54, 1.807) is 12.1 Å². The van der Waals surface area contributed by atoms with Gasteiger partial charge in [0.25, 0.3) is 0 Å². The molecule has 104 valence electrons. The Hall–Kier alpha value is -1.80. The van der Waals surface area contributed by atoms with Crippen LogP contribution in [-0.4, -0.2) is 11.1 Å². The largest absolute Gasteiger partial charge is 0.478 e. The molecule has 0 bridgehead atoms. The van der Waals surface area contributed by atoms with Crippen LogP contribution >= 0.6 is 11.6 Å². The van der Waals surface area contributed by atoms with Gasteiger partial charge in [0.2, 0.25) is 0 Å². The molecule has 0 aromatic heterocycles. The first-order chi connectivity index (χ1) is 9.29. The number of carbonyl (C=O) groups is 1. The van der Waals surface area contributed by atoms with E-state index in [1.165, 1.54) is 11.6 Å². The highest BCUT2D eigenvalue weighted by atomic mass is 35.5. The summed E-state index contributed by atoms with van der Waals surface area (Å²) in [5.74, 6) is -0.970. The van der Waals surface area contributed by atoms with E-state index in [0.29, 0.717) is 10.6 Å². The molecule has 2 aromatic carbocycles. The van der Waals surface area contributed by atoms with Crippen LogP contribution in [0.4, 0.5) is 0 Å². The molecule has 0 saturated carbocycles. The first-order valence-corrected chi connectivity index (χ1v) is 6.80. The number of halogens is 1. The third-order valence-corrected chi connectivity index (χ3v) is 3.51. The molecule has 0 fully saturated rings. The average Bonchev–Trinajstić information content (AvgIpc) is 2.37. The predicted octanol–water partition coefficient (Wildman–Crippen LogP) is 5.00. The second-order valence-electron chi connectivity index (χ2n) is 5.82. The maximum absolute atomic E-state index is 11.3. The smallest absolute Gasteiger partial charge is 0.336 e. The van der Waals surface area contributed by atoms with Gasteiger partial charge in [-0.05, 0) is 34.2 Å². The minimum Gasteiger partial charge on any atom is -0.478 e. The predicted molar refractivity (Wildman–Crippen MR) is 82.5 cm³/mol. The van der Waals surface area contributed by atoms with Crippen molar-refractivity contribution in [2.24, 2.45) is 0 Å². The zero-order chi connectivity index (χ0) is 14.9. The van der Waals surface area contributed by atoms with Crippen LogP contribution in [0.2, 0.25) is 5.02 Å². The van der Waals surface area contributed by atoms with Gasteiger partial charge in [0.05, 0.1) is 5.56 Å². The highest BCUT2D eigenvalue weighted by Crippen LogP contribution is 2.29. The molecule has 2 aromatic rings. The third kappa shape index (κ3) is 3.02. The monoisotopic (exact) mass is 288 g/mol. The Morgan fingerprint density at radius 3 is 2.15 bits per heavy atom. The van der Waals surface area contributed by atoms with Crippen molar-refractivity contribution in [3.63, 3.8) is 0 Å². The van der Waals surface area contributed by atoms with Crippen LogP contribution in [0.1, 0.15) is 36.7 Å². The maximum atomic E-state index is 11.3. The minimum absolute atomic E-state index is 0.0775. The Morgan fingerprint density at radius 2 is 1.65 bits per heavy atom. The Bertz CT molecular complexity index is 637. The molecular weight excluding hydrogens is 272 g/mol. The second kappa shape index (κ2) is 5.29. The molecule has 0 saturated heterocycles. The lowest BCUT2D eigenvalue weighted by Gasteiger charge is -2.19. The summed E-state index contributed by atoms with van der Waals surface area (Å²) in [6.07, 6.45) is 0. The molecule has 0 radical (unpaired) electrons. The van der Waals surface area contributed by atoms with Gasteiger partial charge >= 0.3 is 5.97 Å². The van der Waals surface area contributed by atoms with Crippen LogP contribution in [0.5, 0.6) is 0 Å². The van der Waals surface area contributed by atoms with Crippen LogP contribution in [0.25, 0.3) is 11.1 Å². The number of aromatic carboxylic acids is 1. The van der Waals surface area contributed by atoms with Crippen molar-refractivity contribution < 1.29 is 9.90 Å². The minimum atomic E-state index is -0.970. The van der Waals surface area contributed by atoms with Gasteiger partial charge in [-0.15, -0.1) is 0 Å². The van der Waals surface area contributed by atoms with Gasteiger partial charge in [0.15, 0.2) is 0 Å². The molecule has 0 unspecified atom stereocenters. The van der Waals surface area contributed by atoms with E-state index in [2.05, 4.69) is 20.8 Å². The van der Waals surface area contributed by atoms with E-state index in [0.717, 1.165) is 5.56 Å². The van der Waals surface area contributed by atoms with Crippen molar-refractivity contribution in [2.45, 2.75) is 26.2 Å². The quantitative estimate of drug-likeness (QED) is 0.844. The van der Waals surface area contributed by atoms with E-state index in [1.807, 2.05) is 24.3 Å². The van der Waals surface area contributed by atoms with Crippen LogP contribution in [0.15, 0.2) is 42.5 Å². The van der Waals surface area contributed by atoms with Gasteiger partial charge in [0, 0.05) is 5.02 Å². The molecule has 0 aliphatic carbocycles. The van der Waals surface area contributed by atoms with Gasteiger partial charge in [0.1, 0.15) is 0 Å². The van der Waals surface area contributed by atoms with Crippen LogP contribution in [0, 0.1) is 0 Å². The molecule has 0 heterocycles. The van der Waals surface area contributed by atoms with E-state index < -0.39 is 5.97 Å². The highest BCUT2D eigenvalue weighted by molar-refractivity contribution is 6.31. The summed E-state index contributed by atoms with van der Waals surface area (Å²) in [6, 6.07) is 12.9. The Kier molecular flexibility index (Phi) is 3.87. The standard InChI is InChI=1S/C17H17ClO2/c1-17(2,3)12-6-4-11(5-7-12)14-9-8-13(18)10-15(14)16(19)20/h4-10H,1-3H3,(H,19,20). The van der Waals surface area contributed by atoms with E-state index >= 15 is 0 Å². The number of carboxylic acid groups (broad SMARTS) is 1. The number of hydrogen-bond acceptors (Lipinski definition) is 1. The number of rotatable bonds is 2. The molecule has 20 heavy (non-hydrogen) atoms. The average molecular weight is 289 g/mol. The topological polar surface area (TPSA) is 37.3 Å². The zero-order valence-corrected chi connectivity index (χ0v) is 12.5. The fraction of sp³-hybridized carbons (Fsp3) is 0.235. The number of benzene rings is 2. The summed E-state index contributed by atoms with van der Waals surface area (Å²) in [6.45, 7) is 6.44. The summed E-state index contributed by atoms with van der Waals surface area (Å²) in [5, 5.41) is 9.70. The summed E-state index contributed by atoms with van der Waals surface area (Å²) in [7, 11) is 0. The first kappa shape index (κ1) is 14.6. The highest BCUT2D eigenvalue weighted by Gasteiger charge is 2.15. The molecule has 2 rings (SSSR count). The van der Waals surface area contributed by atoms with E-state index in [-0.39, 0.29) is 11.0 Å². The summed E-state index contributed by atoms with van der Waals surface area (Å²) >= 11 is 5.87.